The van der Waals surface area contributed by atoms with Gasteiger partial charge in [0.1, 0.15) is 0 Å². The van der Waals surface area contributed by atoms with Crippen molar-refractivity contribution >= 4 is 12.1 Å². The summed E-state index contributed by atoms with van der Waals surface area (Å²) < 4.78 is 0. The van der Waals surface area contributed by atoms with Crippen LogP contribution in [-0.2, 0) is 0 Å². The Balaban J connectivity index is 2.07. The first-order chi connectivity index (χ1) is 9.74. The van der Waals surface area contributed by atoms with Gasteiger partial charge >= 0.3 is 0 Å². The Hall–Kier alpha value is -2.49. The summed E-state index contributed by atoms with van der Waals surface area (Å²) in [6.07, 6.45) is 4.40. The normalized spacial score (nSPS) is 14.2. The zero-order chi connectivity index (χ0) is 13.9. The number of H-pyrrole nitrogens is 1. The Morgan fingerprint density at radius 3 is 2.65 bits per heavy atom. The van der Waals surface area contributed by atoms with E-state index in [1.807, 2.05) is 43.5 Å². The van der Waals surface area contributed by atoms with Crippen molar-refractivity contribution < 1.29 is 0 Å². The smallest absolute Gasteiger partial charge is 0.255 e. The molecule has 0 unspecified atom stereocenters. The highest BCUT2D eigenvalue weighted by Crippen LogP contribution is 2.17. The van der Waals surface area contributed by atoms with Crippen LogP contribution in [0.3, 0.4) is 0 Å². The number of aryl methyl sites for hydroxylation is 1. The van der Waals surface area contributed by atoms with E-state index in [-0.39, 0.29) is 5.56 Å². The zero-order valence-corrected chi connectivity index (χ0v) is 11.3. The van der Waals surface area contributed by atoms with Crippen molar-refractivity contribution in [3.8, 4) is 11.1 Å². The summed E-state index contributed by atoms with van der Waals surface area (Å²) >= 11 is 0. The lowest BCUT2D eigenvalue weighted by molar-refractivity contribution is 1.03. The van der Waals surface area contributed by atoms with Crippen LogP contribution in [0.15, 0.2) is 51.3 Å². The molecule has 0 atom stereocenters. The summed E-state index contributed by atoms with van der Waals surface area (Å²) in [5, 5.41) is 0. The van der Waals surface area contributed by atoms with E-state index < -0.39 is 0 Å². The van der Waals surface area contributed by atoms with Gasteiger partial charge in [0.2, 0.25) is 0 Å². The molecule has 1 aromatic heterocycles. The van der Waals surface area contributed by atoms with Gasteiger partial charge in [-0.2, -0.15) is 0 Å². The molecule has 4 heteroatoms. The van der Waals surface area contributed by atoms with Crippen LogP contribution in [0.5, 0.6) is 0 Å². The van der Waals surface area contributed by atoms with Crippen molar-refractivity contribution in [1.29, 1.82) is 0 Å². The monoisotopic (exact) mass is 265 g/mol. The molecule has 1 N–H and O–H groups in total. The van der Waals surface area contributed by atoms with Crippen molar-refractivity contribution in [1.82, 2.24) is 4.98 Å². The van der Waals surface area contributed by atoms with Crippen LogP contribution >= 0.6 is 0 Å². The number of nitrogens with zero attached hydrogens (tertiary/aromatic N) is 2. The molecular formula is C16H15N3O. The van der Waals surface area contributed by atoms with Gasteiger partial charge in [0.15, 0.2) is 5.84 Å². The van der Waals surface area contributed by atoms with Crippen molar-refractivity contribution in [3.63, 3.8) is 0 Å². The lowest BCUT2D eigenvalue weighted by Crippen LogP contribution is -2.12. The number of rotatable bonds is 2. The van der Waals surface area contributed by atoms with Crippen molar-refractivity contribution in [2.24, 2.45) is 9.98 Å². The molecule has 0 fully saturated rings. The minimum atomic E-state index is -0.0991. The summed E-state index contributed by atoms with van der Waals surface area (Å²) in [6, 6.07) is 9.76. The summed E-state index contributed by atoms with van der Waals surface area (Å²) in [4.78, 5) is 23.4. The quantitative estimate of drug-likeness (QED) is 0.891. The minimum absolute atomic E-state index is 0.0991. The van der Waals surface area contributed by atoms with Gasteiger partial charge in [0.05, 0.1) is 0 Å². The number of aliphatic imine (C=N–C) groups is 2. The number of benzene rings is 1. The first-order valence-electron chi connectivity index (χ1n) is 6.61. The Bertz CT molecular complexity index is 739. The van der Waals surface area contributed by atoms with Crippen LogP contribution < -0.4 is 5.56 Å². The molecule has 0 spiro atoms. The summed E-state index contributed by atoms with van der Waals surface area (Å²) in [5.74, 6) is 0.681. The van der Waals surface area contributed by atoms with Gasteiger partial charge in [-0.3, -0.25) is 9.79 Å². The molecule has 20 heavy (non-hydrogen) atoms. The van der Waals surface area contributed by atoms with Crippen LogP contribution in [0, 0.1) is 6.92 Å². The Morgan fingerprint density at radius 2 is 1.95 bits per heavy atom. The van der Waals surface area contributed by atoms with Gasteiger partial charge < -0.3 is 4.98 Å². The molecule has 100 valence electrons. The topological polar surface area (TPSA) is 57.6 Å². The predicted molar refractivity (Wildman–Crippen MR) is 81.7 cm³/mol. The molecule has 0 saturated carbocycles. The lowest BCUT2D eigenvalue weighted by atomic mass is 10.0. The van der Waals surface area contributed by atoms with E-state index in [1.165, 1.54) is 5.56 Å². The molecule has 2 aromatic rings. The second kappa shape index (κ2) is 5.25. The van der Waals surface area contributed by atoms with Crippen molar-refractivity contribution in [3.05, 3.63) is 58.0 Å². The number of amidine groups is 1. The molecule has 4 nitrogen and oxygen atoms in total. The molecule has 0 amide bonds. The van der Waals surface area contributed by atoms with E-state index in [9.17, 15) is 4.79 Å². The molecule has 1 aromatic carbocycles. The number of hydrogen-bond acceptors (Lipinski definition) is 3. The molecule has 0 saturated heterocycles. The molecule has 2 heterocycles. The van der Waals surface area contributed by atoms with E-state index in [2.05, 4.69) is 15.0 Å². The fourth-order valence-corrected chi connectivity index (χ4v) is 2.15. The zero-order valence-electron chi connectivity index (χ0n) is 11.3. The Labute approximate surface area is 116 Å². The predicted octanol–water partition coefficient (Wildman–Crippen LogP) is 2.57. The van der Waals surface area contributed by atoms with E-state index in [0.717, 1.165) is 24.1 Å². The Morgan fingerprint density at radius 1 is 1.15 bits per heavy atom. The van der Waals surface area contributed by atoms with Crippen molar-refractivity contribution in [2.75, 3.05) is 6.54 Å². The SMILES string of the molecule is Cc1ccc(-c2cc(C3=NCCC=N3)c[nH]c2=O)cc1. The number of aromatic amines is 1. The number of pyridine rings is 1. The van der Waals surface area contributed by atoms with Crippen LogP contribution in [0.25, 0.3) is 11.1 Å². The summed E-state index contributed by atoms with van der Waals surface area (Å²) in [7, 11) is 0. The highest BCUT2D eigenvalue weighted by Gasteiger charge is 2.09. The van der Waals surface area contributed by atoms with Crippen LogP contribution in [-0.4, -0.2) is 23.6 Å². The molecular weight excluding hydrogens is 250 g/mol. The number of nitrogens with one attached hydrogen (secondary N) is 1. The fraction of sp³-hybridized carbons (Fsp3) is 0.188. The third-order valence-electron chi connectivity index (χ3n) is 3.26. The first kappa shape index (κ1) is 12.5. The van der Waals surface area contributed by atoms with Crippen LogP contribution in [0.4, 0.5) is 0 Å². The van der Waals surface area contributed by atoms with Crippen LogP contribution in [0.1, 0.15) is 17.5 Å². The van der Waals surface area contributed by atoms with Crippen molar-refractivity contribution in [2.45, 2.75) is 13.3 Å². The largest absolute Gasteiger partial charge is 0.328 e. The average Bonchev–Trinajstić information content (AvgIpc) is 2.50. The maximum Gasteiger partial charge on any atom is 0.255 e. The minimum Gasteiger partial charge on any atom is -0.328 e. The summed E-state index contributed by atoms with van der Waals surface area (Å²) in [6.45, 7) is 2.77. The van der Waals surface area contributed by atoms with Gasteiger partial charge in [-0.25, -0.2) is 4.99 Å². The molecule has 1 aliphatic rings. The maximum absolute atomic E-state index is 12.0. The number of aromatic nitrogens is 1. The van der Waals surface area contributed by atoms with E-state index >= 15 is 0 Å². The van der Waals surface area contributed by atoms with Gasteiger partial charge in [-0.1, -0.05) is 29.8 Å². The first-order valence-corrected chi connectivity index (χ1v) is 6.61. The van der Waals surface area contributed by atoms with Crippen LogP contribution in [0.2, 0.25) is 0 Å². The standard InChI is InChI=1S/C16H15N3O/c1-11-3-5-12(6-4-11)14-9-13(10-19-16(14)20)15-17-7-2-8-18-15/h3-7,9-10H,2,8H2,1H3,(H,19,20). The number of hydrogen-bond donors (Lipinski definition) is 1. The maximum atomic E-state index is 12.0. The lowest BCUT2D eigenvalue weighted by Gasteiger charge is -2.07. The second-order valence-corrected chi connectivity index (χ2v) is 4.80. The summed E-state index contributed by atoms with van der Waals surface area (Å²) in [5.41, 5.74) is 3.46. The molecule has 0 bridgehead atoms. The third-order valence-corrected chi connectivity index (χ3v) is 3.26. The van der Waals surface area contributed by atoms with Gasteiger partial charge in [0.25, 0.3) is 5.56 Å². The van der Waals surface area contributed by atoms with E-state index in [1.54, 1.807) is 6.20 Å². The van der Waals surface area contributed by atoms with E-state index in [0.29, 0.717) is 11.4 Å². The third kappa shape index (κ3) is 2.45. The molecule has 3 rings (SSSR count). The Kier molecular flexibility index (Phi) is 3.29. The van der Waals surface area contributed by atoms with Gasteiger partial charge in [-0.15, -0.1) is 0 Å². The average molecular weight is 265 g/mol. The van der Waals surface area contributed by atoms with Gasteiger partial charge in [-0.05, 0) is 18.6 Å². The molecule has 1 aliphatic heterocycles. The fourth-order valence-electron chi connectivity index (χ4n) is 2.15. The highest BCUT2D eigenvalue weighted by molar-refractivity contribution is 6.04. The molecule has 0 aliphatic carbocycles. The molecule has 0 radical (unpaired) electrons. The van der Waals surface area contributed by atoms with E-state index in [4.69, 9.17) is 0 Å². The van der Waals surface area contributed by atoms with Gasteiger partial charge in [0, 0.05) is 36.5 Å². The highest BCUT2D eigenvalue weighted by atomic mass is 16.1. The second-order valence-electron chi connectivity index (χ2n) is 4.80.